The first-order valence-electron chi connectivity index (χ1n) is 7.50. The van der Waals surface area contributed by atoms with E-state index >= 15 is 0 Å². The van der Waals surface area contributed by atoms with Crippen molar-refractivity contribution in [3.63, 3.8) is 0 Å². The second-order valence-corrected chi connectivity index (χ2v) is 6.86. The molecule has 1 aromatic carbocycles. The van der Waals surface area contributed by atoms with Gasteiger partial charge in [-0.25, -0.2) is 0 Å². The number of nitrogens with two attached hydrogens (primary N) is 1. The van der Waals surface area contributed by atoms with Gasteiger partial charge in [0.1, 0.15) is 0 Å². The molecular formula is C17H26N2O. The maximum atomic E-state index is 11.5. The van der Waals surface area contributed by atoms with Crippen LogP contribution in [-0.4, -0.2) is 18.5 Å². The van der Waals surface area contributed by atoms with E-state index in [1.54, 1.807) is 0 Å². The number of carbonyl (C=O) groups is 1. The van der Waals surface area contributed by atoms with Gasteiger partial charge < -0.3 is 11.1 Å². The Hall–Kier alpha value is -1.35. The summed E-state index contributed by atoms with van der Waals surface area (Å²) in [6.07, 6.45) is 2.82. The zero-order valence-electron chi connectivity index (χ0n) is 12.8. The molecule has 1 heterocycles. The average molecular weight is 274 g/mol. The van der Waals surface area contributed by atoms with Crippen molar-refractivity contribution in [1.29, 1.82) is 0 Å². The van der Waals surface area contributed by atoms with Crippen molar-refractivity contribution < 1.29 is 4.79 Å². The third-order valence-corrected chi connectivity index (χ3v) is 4.23. The highest BCUT2D eigenvalue weighted by Crippen LogP contribution is 2.24. The first kappa shape index (κ1) is 15.0. The lowest BCUT2D eigenvalue weighted by Crippen LogP contribution is -2.48. The standard InChI is InChI=1S/C17H26N2O/c1-17(2,3)13-8-6-12(7-9-13)11-15-14(16(18)20)5-4-10-19-15/h6-9,14-15,19H,4-5,10-11H2,1-3H3,(H2,18,20). The predicted octanol–water partition coefficient (Wildman–Crippen LogP) is 2.38. The Morgan fingerprint density at radius 2 is 1.95 bits per heavy atom. The first-order chi connectivity index (χ1) is 9.38. The number of nitrogens with one attached hydrogen (secondary N) is 1. The van der Waals surface area contributed by atoms with E-state index in [1.807, 2.05) is 0 Å². The van der Waals surface area contributed by atoms with Crippen LogP contribution in [0.4, 0.5) is 0 Å². The number of primary amides is 1. The van der Waals surface area contributed by atoms with E-state index in [9.17, 15) is 4.79 Å². The lowest BCUT2D eigenvalue weighted by Gasteiger charge is -2.30. The fraction of sp³-hybridized carbons (Fsp3) is 0.588. The molecule has 1 aliphatic rings. The van der Waals surface area contributed by atoms with Crippen molar-refractivity contribution >= 4 is 5.91 Å². The van der Waals surface area contributed by atoms with Crippen molar-refractivity contribution in [2.75, 3.05) is 6.54 Å². The molecule has 1 fully saturated rings. The van der Waals surface area contributed by atoms with Crippen molar-refractivity contribution in [3.8, 4) is 0 Å². The van der Waals surface area contributed by atoms with Gasteiger partial charge in [0.25, 0.3) is 0 Å². The molecule has 0 radical (unpaired) electrons. The highest BCUT2D eigenvalue weighted by Gasteiger charge is 2.29. The lowest BCUT2D eigenvalue weighted by molar-refractivity contribution is -0.123. The molecule has 1 amide bonds. The van der Waals surface area contributed by atoms with Gasteiger partial charge in [0.2, 0.25) is 5.91 Å². The van der Waals surface area contributed by atoms with Gasteiger partial charge in [-0.05, 0) is 42.3 Å². The summed E-state index contributed by atoms with van der Waals surface area (Å²) in [5.74, 6) is -0.209. The molecule has 20 heavy (non-hydrogen) atoms. The first-order valence-corrected chi connectivity index (χ1v) is 7.50. The van der Waals surface area contributed by atoms with E-state index in [1.165, 1.54) is 11.1 Å². The largest absolute Gasteiger partial charge is 0.369 e. The maximum Gasteiger partial charge on any atom is 0.222 e. The molecule has 3 N–H and O–H groups in total. The number of piperidine rings is 1. The molecule has 1 aromatic rings. The normalized spacial score (nSPS) is 23.6. The second kappa shape index (κ2) is 5.96. The third-order valence-electron chi connectivity index (χ3n) is 4.23. The van der Waals surface area contributed by atoms with E-state index in [0.29, 0.717) is 0 Å². The van der Waals surface area contributed by atoms with Gasteiger partial charge in [-0.15, -0.1) is 0 Å². The van der Waals surface area contributed by atoms with Crippen LogP contribution in [0.2, 0.25) is 0 Å². The number of benzene rings is 1. The van der Waals surface area contributed by atoms with Crippen LogP contribution in [-0.2, 0) is 16.6 Å². The molecule has 0 spiro atoms. The van der Waals surface area contributed by atoms with Crippen LogP contribution in [0.3, 0.4) is 0 Å². The van der Waals surface area contributed by atoms with Crippen LogP contribution in [0.5, 0.6) is 0 Å². The van der Waals surface area contributed by atoms with Crippen LogP contribution in [0.1, 0.15) is 44.7 Å². The Balaban J connectivity index is 2.07. The van der Waals surface area contributed by atoms with E-state index in [-0.39, 0.29) is 23.3 Å². The second-order valence-electron chi connectivity index (χ2n) is 6.86. The average Bonchev–Trinajstić information content (AvgIpc) is 2.38. The van der Waals surface area contributed by atoms with Gasteiger partial charge in [0.05, 0.1) is 5.92 Å². The van der Waals surface area contributed by atoms with Gasteiger partial charge in [-0.3, -0.25) is 4.79 Å². The zero-order chi connectivity index (χ0) is 14.8. The van der Waals surface area contributed by atoms with Gasteiger partial charge >= 0.3 is 0 Å². The molecule has 2 atom stereocenters. The molecule has 0 saturated carbocycles. The molecule has 2 unspecified atom stereocenters. The van der Waals surface area contributed by atoms with Crippen molar-refractivity contribution in [3.05, 3.63) is 35.4 Å². The molecular weight excluding hydrogens is 248 g/mol. The summed E-state index contributed by atoms with van der Waals surface area (Å²) in [4.78, 5) is 11.5. The number of hydrogen-bond acceptors (Lipinski definition) is 2. The smallest absolute Gasteiger partial charge is 0.222 e. The topological polar surface area (TPSA) is 55.1 Å². The van der Waals surface area contributed by atoms with Gasteiger partial charge in [0, 0.05) is 6.04 Å². The zero-order valence-corrected chi connectivity index (χ0v) is 12.8. The Bertz CT molecular complexity index is 459. The van der Waals surface area contributed by atoms with Crippen LogP contribution in [0, 0.1) is 5.92 Å². The lowest BCUT2D eigenvalue weighted by atomic mass is 9.84. The fourth-order valence-corrected chi connectivity index (χ4v) is 2.90. The molecule has 0 aliphatic carbocycles. The minimum atomic E-state index is -0.173. The Morgan fingerprint density at radius 1 is 1.30 bits per heavy atom. The Labute approximate surface area is 121 Å². The molecule has 0 aromatic heterocycles. The van der Waals surface area contributed by atoms with Gasteiger partial charge in [-0.2, -0.15) is 0 Å². The number of rotatable bonds is 3. The van der Waals surface area contributed by atoms with Crippen molar-refractivity contribution in [2.45, 2.75) is 51.5 Å². The van der Waals surface area contributed by atoms with E-state index in [0.717, 1.165) is 25.8 Å². The highest BCUT2D eigenvalue weighted by molar-refractivity contribution is 5.77. The third kappa shape index (κ3) is 3.60. The monoisotopic (exact) mass is 274 g/mol. The number of hydrogen-bond donors (Lipinski definition) is 2. The molecule has 1 saturated heterocycles. The van der Waals surface area contributed by atoms with E-state index in [4.69, 9.17) is 5.73 Å². The number of amides is 1. The summed E-state index contributed by atoms with van der Waals surface area (Å²) in [6.45, 7) is 7.63. The molecule has 2 rings (SSSR count). The van der Waals surface area contributed by atoms with Gasteiger partial charge in [-0.1, -0.05) is 45.0 Å². The Kier molecular flexibility index (Phi) is 4.48. The fourth-order valence-electron chi connectivity index (χ4n) is 2.90. The van der Waals surface area contributed by atoms with Crippen LogP contribution in [0.15, 0.2) is 24.3 Å². The summed E-state index contributed by atoms with van der Waals surface area (Å²) in [7, 11) is 0. The minimum absolute atomic E-state index is 0.0361. The molecule has 0 bridgehead atoms. The molecule has 110 valence electrons. The van der Waals surface area contributed by atoms with Gasteiger partial charge in [0.15, 0.2) is 0 Å². The van der Waals surface area contributed by atoms with E-state index < -0.39 is 0 Å². The molecule has 1 aliphatic heterocycles. The quantitative estimate of drug-likeness (QED) is 0.889. The van der Waals surface area contributed by atoms with Crippen molar-refractivity contribution in [1.82, 2.24) is 5.32 Å². The predicted molar refractivity (Wildman–Crippen MR) is 82.6 cm³/mol. The van der Waals surface area contributed by atoms with Crippen LogP contribution >= 0.6 is 0 Å². The summed E-state index contributed by atoms with van der Waals surface area (Å²) < 4.78 is 0. The van der Waals surface area contributed by atoms with Crippen LogP contribution < -0.4 is 11.1 Å². The summed E-state index contributed by atoms with van der Waals surface area (Å²) in [5.41, 5.74) is 8.30. The summed E-state index contributed by atoms with van der Waals surface area (Å²) in [5, 5.41) is 3.44. The molecule has 3 nitrogen and oxygen atoms in total. The SMILES string of the molecule is CC(C)(C)c1ccc(CC2NCCCC2C(N)=O)cc1. The van der Waals surface area contributed by atoms with E-state index in [2.05, 4.69) is 50.4 Å². The van der Waals surface area contributed by atoms with Crippen molar-refractivity contribution in [2.24, 2.45) is 11.7 Å². The van der Waals surface area contributed by atoms with Crippen LogP contribution in [0.25, 0.3) is 0 Å². The minimum Gasteiger partial charge on any atom is -0.369 e. The summed E-state index contributed by atoms with van der Waals surface area (Å²) in [6, 6.07) is 8.92. The molecule has 3 heteroatoms. The maximum absolute atomic E-state index is 11.5. The Morgan fingerprint density at radius 3 is 2.50 bits per heavy atom. The summed E-state index contributed by atoms with van der Waals surface area (Å²) >= 11 is 0. The number of carbonyl (C=O) groups excluding carboxylic acids is 1. The highest BCUT2D eigenvalue weighted by atomic mass is 16.1.